The van der Waals surface area contributed by atoms with Crippen molar-refractivity contribution in [3.8, 4) is 0 Å². The van der Waals surface area contributed by atoms with Gasteiger partial charge in [0.25, 0.3) is 0 Å². The maximum Gasteiger partial charge on any atom is 0.319 e. The first-order valence-corrected chi connectivity index (χ1v) is 8.93. The maximum atomic E-state index is 12.0. The lowest BCUT2D eigenvalue weighted by molar-refractivity contribution is -0.117. The van der Waals surface area contributed by atoms with Crippen molar-refractivity contribution >= 4 is 23.3 Å². The van der Waals surface area contributed by atoms with Gasteiger partial charge >= 0.3 is 6.03 Å². The van der Waals surface area contributed by atoms with Crippen LogP contribution < -0.4 is 16.0 Å². The van der Waals surface area contributed by atoms with Crippen LogP contribution in [0, 0.1) is 11.8 Å². The average molecular weight is 347 g/mol. The second-order valence-corrected chi connectivity index (χ2v) is 7.58. The predicted molar refractivity (Wildman–Crippen MR) is 99.5 cm³/mol. The van der Waals surface area contributed by atoms with Crippen LogP contribution in [-0.2, 0) is 4.79 Å². The van der Waals surface area contributed by atoms with E-state index in [1.165, 1.54) is 0 Å². The summed E-state index contributed by atoms with van der Waals surface area (Å²) in [4.78, 5) is 23.8. The van der Waals surface area contributed by atoms with E-state index in [-0.39, 0.29) is 24.4 Å². The Bertz CT molecular complexity index is 610. The van der Waals surface area contributed by atoms with E-state index in [1.807, 2.05) is 0 Å². The molecule has 0 bridgehead atoms. The number of urea groups is 1. The molecule has 0 heterocycles. The molecule has 25 heavy (non-hydrogen) atoms. The third-order valence-corrected chi connectivity index (χ3v) is 4.23. The number of hydrogen-bond acceptors (Lipinski definition) is 3. The number of benzene rings is 1. The minimum atomic E-state index is -0.929. The highest BCUT2D eigenvalue weighted by molar-refractivity contribution is 5.95. The smallest absolute Gasteiger partial charge is 0.319 e. The molecule has 6 heteroatoms. The number of rotatable bonds is 8. The standard InChI is InChI=1S/C19H29N3O3/c1-13(2)9-10-19(3,25)12-20-18(24)22-16-6-4-5-15(11-16)21-17(23)14-7-8-14/h4-6,11,13-14,25H,7-10,12H2,1-3H3,(H,21,23)(H2,20,22,24)/t19-/m0/s1. The second kappa shape index (κ2) is 8.34. The number of hydrogen-bond donors (Lipinski definition) is 4. The van der Waals surface area contributed by atoms with Gasteiger partial charge in [0.05, 0.1) is 5.60 Å². The van der Waals surface area contributed by atoms with Crippen molar-refractivity contribution in [2.24, 2.45) is 11.8 Å². The molecule has 0 radical (unpaired) electrons. The van der Waals surface area contributed by atoms with Gasteiger partial charge in [0.1, 0.15) is 0 Å². The monoisotopic (exact) mass is 347 g/mol. The molecule has 0 spiro atoms. The van der Waals surface area contributed by atoms with E-state index >= 15 is 0 Å². The van der Waals surface area contributed by atoms with E-state index in [2.05, 4.69) is 29.8 Å². The fraction of sp³-hybridized carbons (Fsp3) is 0.579. The molecule has 4 N–H and O–H groups in total. The Labute approximate surface area is 149 Å². The zero-order valence-corrected chi connectivity index (χ0v) is 15.3. The van der Waals surface area contributed by atoms with Crippen molar-refractivity contribution in [3.05, 3.63) is 24.3 Å². The predicted octanol–water partition coefficient (Wildman–Crippen LogP) is 3.34. The molecule has 0 aliphatic heterocycles. The minimum absolute atomic E-state index is 0.0304. The lowest BCUT2D eigenvalue weighted by atomic mass is 9.95. The van der Waals surface area contributed by atoms with Crippen LogP contribution in [0.1, 0.15) is 46.5 Å². The molecular weight excluding hydrogens is 318 g/mol. The molecule has 1 aromatic carbocycles. The normalized spacial score (nSPS) is 16.2. The molecule has 6 nitrogen and oxygen atoms in total. The van der Waals surface area contributed by atoms with Gasteiger partial charge in [0.2, 0.25) is 5.91 Å². The molecule has 0 saturated heterocycles. The summed E-state index contributed by atoms with van der Waals surface area (Å²) in [6.45, 7) is 6.11. The van der Waals surface area contributed by atoms with E-state index in [0.717, 1.165) is 19.3 Å². The fourth-order valence-corrected chi connectivity index (χ4v) is 2.40. The molecule has 138 valence electrons. The molecule has 1 aliphatic carbocycles. The largest absolute Gasteiger partial charge is 0.388 e. The summed E-state index contributed by atoms with van der Waals surface area (Å²) in [5, 5.41) is 18.6. The molecular formula is C19H29N3O3. The van der Waals surface area contributed by atoms with Gasteiger partial charge < -0.3 is 21.1 Å². The summed E-state index contributed by atoms with van der Waals surface area (Å²) in [7, 11) is 0. The van der Waals surface area contributed by atoms with Gasteiger partial charge in [-0.2, -0.15) is 0 Å². The highest BCUT2D eigenvalue weighted by atomic mass is 16.3. The Balaban J connectivity index is 1.80. The van der Waals surface area contributed by atoms with E-state index in [4.69, 9.17) is 0 Å². The van der Waals surface area contributed by atoms with Crippen LogP contribution in [0.15, 0.2) is 24.3 Å². The number of anilines is 2. The molecule has 3 amide bonds. The van der Waals surface area contributed by atoms with Crippen LogP contribution in [0.3, 0.4) is 0 Å². The van der Waals surface area contributed by atoms with E-state index in [1.54, 1.807) is 31.2 Å². The number of carbonyl (C=O) groups is 2. The minimum Gasteiger partial charge on any atom is -0.388 e. The summed E-state index contributed by atoms with van der Waals surface area (Å²) in [5.74, 6) is 0.671. The van der Waals surface area contributed by atoms with Crippen molar-refractivity contribution in [1.29, 1.82) is 0 Å². The number of carbonyl (C=O) groups excluding carboxylic acids is 2. The van der Waals surface area contributed by atoms with Crippen LogP contribution >= 0.6 is 0 Å². The van der Waals surface area contributed by atoms with Gasteiger partial charge in [-0.3, -0.25) is 4.79 Å². The van der Waals surface area contributed by atoms with Crippen molar-refractivity contribution in [2.45, 2.75) is 52.1 Å². The van der Waals surface area contributed by atoms with Gasteiger partial charge in [0.15, 0.2) is 0 Å². The lowest BCUT2D eigenvalue weighted by Gasteiger charge is -2.24. The van der Waals surface area contributed by atoms with Crippen molar-refractivity contribution < 1.29 is 14.7 Å². The van der Waals surface area contributed by atoms with Gasteiger partial charge in [-0.15, -0.1) is 0 Å². The Morgan fingerprint density at radius 3 is 2.48 bits per heavy atom. The summed E-state index contributed by atoms with van der Waals surface area (Å²) in [6, 6.07) is 6.66. The highest BCUT2D eigenvalue weighted by Crippen LogP contribution is 2.30. The van der Waals surface area contributed by atoms with Crippen LogP contribution in [0.4, 0.5) is 16.2 Å². The zero-order chi connectivity index (χ0) is 18.4. The zero-order valence-electron chi connectivity index (χ0n) is 15.3. The third kappa shape index (κ3) is 7.13. The van der Waals surface area contributed by atoms with Crippen LogP contribution in [0.2, 0.25) is 0 Å². The lowest BCUT2D eigenvalue weighted by Crippen LogP contribution is -2.42. The van der Waals surface area contributed by atoms with E-state index in [9.17, 15) is 14.7 Å². The number of nitrogens with one attached hydrogen (secondary N) is 3. The SMILES string of the molecule is CC(C)CC[C@](C)(O)CNC(=O)Nc1cccc(NC(=O)C2CC2)c1. The van der Waals surface area contributed by atoms with Crippen LogP contribution in [0.25, 0.3) is 0 Å². The van der Waals surface area contributed by atoms with Crippen molar-refractivity contribution in [1.82, 2.24) is 5.32 Å². The molecule has 2 rings (SSSR count). The first kappa shape index (κ1) is 19.2. The first-order valence-electron chi connectivity index (χ1n) is 8.93. The third-order valence-electron chi connectivity index (χ3n) is 4.23. The van der Waals surface area contributed by atoms with Gasteiger partial charge in [-0.1, -0.05) is 19.9 Å². The Hall–Kier alpha value is -2.08. The Morgan fingerprint density at radius 1 is 1.24 bits per heavy atom. The summed E-state index contributed by atoms with van der Waals surface area (Å²) >= 11 is 0. The first-order chi connectivity index (χ1) is 11.7. The topological polar surface area (TPSA) is 90.5 Å². The highest BCUT2D eigenvalue weighted by Gasteiger charge is 2.29. The molecule has 1 aliphatic rings. The summed E-state index contributed by atoms with van der Waals surface area (Å²) < 4.78 is 0. The molecule has 1 fully saturated rings. The van der Waals surface area contributed by atoms with Crippen molar-refractivity contribution in [3.63, 3.8) is 0 Å². The number of amides is 3. The number of aliphatic hydroxyl groups is 1. The van der Waals surface area contributed by atoms with Gasteiger partial charge in [-0.25, -0.2) is 4.79 Å². The van der Waals surface area contributed by atoms with Crippen LogP contribution in [0.5, 0.6) is 0 Å². The van der Waals surface area contributed by atoms with E-state index in [0.29, 0.717) is 23.7 Å². The quantitative estimate of drug-likeness (QED) is 0.581. The molecule has 1 atom stereocenters. The van der Waals surface area contributed by atoms with Crippen LogP contribution in [-0.4, -0.2) is 29.2 Å². The summed E-state index contributed by atoms with van der Waals surface area (Å²) in [5.41, 5.74) is 0.327. The second-order valence-electron chi connectivity index (χ2n) is 7.58. The van der Waals surface area contributed by atoms with E-state index < -0.39 is 5.60 Å². The molecule has 1 saturated carbocycles. The molecule has 0 unspecified atom stereocenters. The molecule has 1 aromatic rings. The Kier molecular flexibility index (Phi) is 6.42. The van der Waals surface area contributed by atoms with Gasteiger partial charge in [-0.05, 0) is 56.7 Å². The fourth-order valence-electron chi connectivity index (χ4n) is 2.40. The molecule has 0 aromatic heterocycles. The average Bonchev–Trinajstić information content (AvgIpc) is 3.37. The maximum absolute atomic E-state index is 12.0. The Morgan fingerprint density at radius 2 is 1.88 bits per heavy atom. The van der Waals surface area contributed by atoms with Crippen molar-refractivity contribution in [2.75, 3.05) is 17.2 Å². The summed E-state index contributed by atoms with van der Waals surface area (Å²) in [6.07, 6.45) is 3.43. The van der Waals surface area contributed by atoms with Gasteiger partial charge in [0, 0.05) is 23.8 Å².